The Morgan fingerprint density at radius 1 is 1.02 bits per heavy atom. The number of aliphatic hydroxyl groups is 1. The van der Waals surface area contributed by atoms with E-state index in [1.807, 2.05) is 4.90 Å². The van der Waals surface area contributed by atoms with Gasteiger partial charge in [-0.05, 0) is 53.8 Å². The van der Waals surface area contributed by atoms with Crippen molar-refractivity contribution in [3.8, 4) is 0 Å². The molecule has 3 aromatic rings. The van der Waals surface area contributed by atoms with Crippen molar-refractivity contribution in [2.45, 2.75) is 35.0 Å². The van der Waals surface area contributed by atoms with E-state index in [4.69, 9.17) is 4.74 Å². The van der Waals surface area contributed by atoms with Gasteiger partial charge in [0.2, 0.25) is 0 Å². The number of halogens is 4. The number of hydrogen-bond donors (Lipinski definition) is 1. The zero-order chi connectivity index (χ0) is 29.4. The van der Waals surface area contributed by atoms with Gasteiger partial charge in [0.1, 0.15) is 10.0 Å². The number of thiophene rings is 1. The molecular formula is C28H31F4N3O4S2. The maximum absolute atomic E-state index is 13.6. The van der Waals surface area contributed by atoms with Gasteiger partial charge in [0.25, 0.3) is 10.0 Å². The Balaban J connectivity index is 1.44. The first-order valence-corrected chi connectivity index (χ1v) is 15.5. The van der Waals surface area contributed by atoms with E-state index in [-0.39, 0.29) is 40.8 Å². The van der Waals surface area contributed by atoms with Crippen molar-refractivity contribution in [3.05, 3.63) is 83.0 Å². The third-order valence-electron chi connectivity index (χ3n) is 7.79. The average Bonchev–Trinajstić information content (AvgIpc) is 3.50. The van der Waals surface area contributed by atoms with Crippen molar-refractivity contribution in [3.63, 3.8) is 0 Å². The molecule has 3 atom stereocenters. The summed E-state index contributed by atoms with van der Waals surface area (Å²) in [7, 11) is -3.73. The van der Waals surface area contributed by atoms with E-state index >= 15 is 0 Å². The lowest BCUT2D eigenvalue weighted by Crippen LogP contribution is -2.59. The molecule has 0 unspecified atom stereocenters. The maximum atomic E-state index is 13.6. The molecule has 1 N–H and O–H groups in total. The monoisotopic (exact) mass is 613 g/mol. The number of nitrogens with zero attached hydrogens (tertiary/aromatic N) is 3. The number of piperazine rings is 1. The molecule has 2 aromatic carbocycles. The van der Waals surface area contributed by atoms with E-state index in [0.29, 0.717) is 45.5 Å². The van der Waals surface area contributed by atoms with Crippen molar-refractivity contribution in [2.75, 3.05) is 50.8 Å². The summed E-state index contributed by atoms with van der Waals surface area (Å²) in [5.74, 6) is -0.349. The van der Waals surface area contributed by atoms with Crippen LogP contribution in [0.3, 0.4) is 0 Å². The SMILES string of the molecule is C[C@@](O)(c1ccc(N2CCN(S(=O)(=O)c3cccs3)C[C@@H]2CN2CCOC[C@H]2c2ccc(F)cc2)cc1)C(F)(F)F. The molecule has 7 nitrogen and oxygen atoms in total. The molecular weight excluding hydrogens is 582 g/mol. The molecule has 0 saturated carbocycles. The van der Waals surface area contributed by atoms with Gasteiger partial charge in [0.15, 0.2) is 5.60 Å². The van der Waals surface area contributed by atoms with E-state index < -0.39 is 21.8 Å². The van der Waals surface area contributed by atoms with Crippen LogP contribution < -0.4 is 4.90 Å². The van der Waals surface area contributed by atoms with E-state index in [2.05, 4.69) is 4.90 Å². The van der Waals surface area contributed by atoms with Gasteiger partial charge in [-0.2, -0.15) is 17.5 Å². The molecule has 0 amide bonds. The summed E-state index contributed by atoms with van der Waals surface area (Å²) >= 11 is 1.15. The first-order valence-electron chi connectivity index (χ1n) is 13.1. The predicted octanol–water partition coefficient (Wildman–Crippen LogP) is 4.61. The lowest BCUT2D eigenvalue weighted by atomic mass is 9.95. The molecule has 3 heterocycles. The van der Waals surface area contributed by atoms with Crippen molar-refractivity contribution >= 4 is 27.0 Å². The van der Waals surface area contributed by atoms with Gasteiger partial charge in [-0.25, -0.2) is 12.8 Å². The van der Waals surface area contributed by atoms with Crippen LogP contribution in [-0.4, -0.2) is 80.9 Å². The lowest BCUT2D eigenvalue weighted by molar-refractivity contribution is -0.258. The first kappa shape index (κ1) is 29.9. The highest BCUT2D eigenvalue weighted by Gasteiger charge is 2.51. The molecule has 13 heteroatoms. The van der Waals surface area contributed by atoms with Crippen LogP contribution in [0.4, 0.5) is 23.2 Å². The van der Waals surface area contributed by atoms with Crippen LogP contribution in [0.1, 0.15) is 24.1 Å². The second-order valence-electron chi connectivity index (χ2n) is 10.4. The minimum atomic E-state index is -4.84. The van der Waals surface area contributed by atoms with Gasteiger partial charge in [-0.15, -0.1) is 11.3 Å². The van der Waals surface area contributed by atoms with E-state index in [9.17, 15) is 31.1 Å². The van der Waals surface area contributed by atoms with Crippen molar-refractivity contribution < 1.29 is 35.8 Å². The standard InChI is InChI=1S/C28H31F4N3O4S2/c1-27(36,28(30,31)32)21-6-10-23(11-7-21)35-13-12-34(41(37,38)26-3-2-16-40-26)18-24(35)17-33-14-15-39-19-25(33)20-4-8-22(29)9-5-20/h2-11,16,24-25,36H,12-15,17-19H2,1H3/t24-,25-,27+/m0/s1. The molecule has 0 bridgehead atoms. The summed E-state index contributed by atoms with van der Waals surface area (Å²) in [5.41, 5.74) is -1.80. The van der Waals surface area contributed by atoms with E-state index in [1.165, 1.54) is 40.7 Å². The minimum Gasteiger partial charge on any atom is -0.378 e. The molecule has 0 radical (unpaired) electrons. The third kappa shape index (κ3) is 6.15. The third-order valence-corrected chi connectivity index (χ3v) is 11.0. The van der Waals surface area contributed by atoms with E-state index in [1.54, 1.807) is 29.6 Å². The minimum absolute atomic E-state index is 0.162. The van der Waals surface area contributed by atoms with Crippen LogP contribution in [0.5, 0.6) is 0 Å². The highest BCUT2D eigenvalue weighted by atomic mass is 32.2. The topological polar surface area (TPSA) is 73.3 Å². The molecule has 2 fully saturated rings. The Bertz CT molecular complexity index is 1420. The average molecular weight is 614 g/mol. The van der Waals surface area contributed by atoms with Crippen molar-refractivity contribution in [1.82, 2.24) is 9.21 Å². The van der Waals surface area contributed by atoms with Gasteiger partial charge in [-0.1, -0.05) is 30.3 Å². The number of hydrogen-bond acceptors (Lipinski definition) is 7. The second kappa shape index (κ2) is 11.6. The lowest BCUT2D eigenvalue weighted by Gasteiger charge is -2.46. The molecule has 222 valence electrons. The fourth-order valence-corrected chi connectivity index (χ4v) is 7.95. The molecule has 2 aliphatic heterocycles. The number of anilines is 1. The van der Waals surface area contributed by atoms with Crippen molar-refractivity contribution in [2.24, 2.45) is 0 Å². The number of rotatable bonds is 7. The van der Waals surface area contributed by atoms with Crippen LogP contribution in [0.25, 0.3) is 0 Å². The summed E-state index contributed by atoms with van der Waals surface area (Å²) in [5, 5.41) is 11.8. The number of benzene rings is 2. The molecule has 5 rings (SSSR count). The Kier molecular flexibility index (Phi) is 8.48. The second-order valence-corrected chi connectivity index (χ2v) is 13.5. The zero-order valence-electron chi connectivity index (χ0n) is 22.3. The normalized spacial score (nSPS) is 22.9. The molecule has 1 aromatic heterocycles. The molecule has 0 aliphatic carbocycles. The number of ether oxygens (including phenoxy) is 1. The first-order chi connectivity index (χ1) is 19.4. The Labute approximate surface area is 240 Å². The summed E-state index contributed by atoms with van der Waals surface area (Å²) in [6, 6.07) is 14.5. The fraction of sp³-hybridized carbons (Fsp3) is 0.429. The van der Waals surface area contributed by atoms with Gasteiger partial charge in [0.05, 0.1) is 25.3 Å². The van der Waals surface area contributed by atoms with Crippen LogP contribution in [0.15, 0.2) is 70.3 Å². The number of alkyl halides is 3. The molecule has 0 spiro atoms. The molecule has 2 saturated heterocycles. The van der Waals surface area contributed by atoms with Gasteiger partial charge in [-0.3, -0.25) is 4.90 Å². The Hall–Kier alpha value is -2.55. The van der Waals surface area contributed by atoms with Gasteiger partial charge >= 0.3 is 6.18 Å². The summed E-state index contributed by atoms with van der Waals surface area (Å²) < 4.78 is 88.1. The molecule has 2 aliphatic rings. The highest BCUT2D eigenvalue weighted by Crippen LogP contribution is 2.39. The Morgan fingerprint density at radius 3 is 2.37 bits per heavy atom. The molecule has 41 heavy (non-hydrogen) atoms. The number of morpholine rings is 1. The fourth-order valence-electron chi connectivity index (χ4n) is 5.34. The quantitative estimate of drug-likeness (QED) is 0.393. The van der Waals surface area contributed by atoms with Crippen LogP contribution in [0, 0.1) is 5.82 Å². The summed E-state index contributed by atoms with van der Waals surface area (Å²) in [6.07, 6.45) is -4.84. The highest BCUT2D eigenvalue weighted by molar-refractivity contribution is 7.91. The van der Waals surface area contributed by atoms with Gasteiger partial charge < -0.3 is 14.7 Å². The van der Waals surface area contributed by atoms with E-state index in [0.717, 1.165) is 16.9 Å². The van der Waals surface area contributed by atoms with Crippen LogP contribution in [0.2, 0.25) is 0 Å². The summed E-state index contributed by atoms with van der Waals surface area (Å²) in [6.45, 7) is 3.25. The number of sulfonamides is 1. The predicted molar refractivity (Wildman–Crippen MR) is 148 cm³/mol. The zero-order valence-corrected chi connectivity index (χ0v) is 23.9. The summed E-state index contributed by atoms with van der Waals surface area (Å²) in [4.78, 5) is 4.18. The Morgan fingerprint density at radius 2 is 1.73 bits per heavy atom. The van der Waals surface area contributed by atoms with Crippen LogP contribution in [-0.2, 0) is 20.4 Å². The maximum Gasteiger partial charge on any atom is 0.421 e. The smallest absolute Gasteiger partial charge is 0.378 e. The van der Waals surface area contributed by atoms with Crippen LogP contribution >= 0.6 is 11.3 Å². The van der Waals surface area contributed by atoms with Crippen molar-refractivity contribution in [1.29, 1.82) is 0 Å². The van der Waals surface area contributed by atoms with Gasteiger partial charge in [0, 0.05) is 38.4 Å². The largest absolute Gasteiger partial charge is 0.421 e.